The summed E-state index contributed by atoms with van der Waals surface area (Å²) in [5.74, 6) is 0.807. The largest absolute Gasteiger partial charge is 0.493 e. The lowest BCUT2D eigenvalue weighted by Crippen LogP contribution is -2.22. The summed E-state index contributed by atoms with van der Waals surface area (Å²) in [4.78, 5) is 0. The first kappa shape index (κ1) is 14.1. The third-order valence-electron chi connectivity index (χ3n) is 3.11. The van der Waals surface area contributed by atoms with Crippen LogP contribution in [-0.4, -0.2) is 23.9 Å². The molecule has 0 bridgehead atoms. The first-order valence-electron chi connectivity index (χ1n) is 6.23. The molecule has 2 rings (SSSR count). The number of benzene rings is 1. The van der Waals surface area contributed by atoms with Crippen LogP contribution in [0.25, 0.3) is 0 Å². The van der Waals surface area contributed by atoms with Crippen molar-refractivity contribution in [3.8, 4) is 5.75 Å². The number of aromatic nitrogens is 2. The van der Waals surface area contributed by atoms with Crippen molar-refractivity contribution < 1.29 is 4.74 Å². The van der Waals surface area contributed by atoms with Crippen molar-refractivity contribution in [1.82, 2.24) is 15.1 Å². The molecule has 0 spiro atoms. The molecule has 5 heteroatoms. The van der Waals surface area contributed by atoms with Gasteiger partial charge in [0.05, 0.1) is 19.3 Å². The predicted molar refractivity (Wildman–Crippen MR) is 79.5 cm³/mol. The van der Waals surface area contributed by atoms with E-state index in [9.17, 15) is 0 Å². The van der Waals surface area contributed by atoms with Gasteiger partial charge in [0.2, 0.25) is 0 Å². The van der Waals surface area contributed by atoms with E-state index in [-0.39, 0.29) is 6.04 Å². The van der Waals surface area contributed by atoms with E-state index in [1.165, 1.54) is 5.56 Å². The average molecular weight is 324 g/mol. The highest BCUT2D eigenvalue weighted by molar-refractivity contribution is 9.10. The number of ether oxygens (including phenoxy) is 1. The summed E-state index contributed by atoms with van der Waals surface area (Å²) in [6.45, 7) is 2.88. The standard InChI is InChI=1S/C14H18BrN3O/c1-4-18-14(12(19-3)9-17-18)13(16-2)10-6-5-7-11(15)8-10/h5-9,13,16H,4H2,1-3H3. The molecule has 0 saturated heterocycles. The Kier molecular flexibility index (Phi) is 4.61. The van der Waals surface area contributed by atoms with E-state index in [0.717, 1.165) is 22.5 Å². The third kappa shape index (κ3) is 2.82. The number of halogens is 1. The van der Waals surface area contributed by atoms with Crippen molar-refractivity contribution in [3.63, 3.8) is 0 Å². The zero-order valence-electron chi connectivity index (χ0n) is 11.4. The molecule has 1 unspecified atom stereocenters. The number of rotatable bonds is 5. The molecule has 0 aliphatic heterocycles. The molecule has 0 fully saturated rings. The summed E-state index contributed by atoms with van der Waals surface area (Å²) in [7, 11) is 3.62. The highest BCUT2D eigenvalue weighted by Gasteiger charge is 2.21. The van der Waals surface area contributed by atoms with E-state index in [2.05, 4.69) is 45.4 Å². The van der Waals surface area contributed by atoms with E-state index < -0.39 is 0 Å². The highest BCUT2D eigenvalue weighted by Crippen LogP contribution is 2.30. The van der Waals surface area contributed by atoms with Crippen LogP contribution in [-0.2, 0) is 6.54 Å². The number of aryl methyl sites for hydroxylation is 1. The van der Waals surface area contributed by atoms with Gasteiger partial charge < -0.3 is 10.1 Å². The summed E-state index contributed by atoms with van der Waals surface area (Å²) in [5.41, 5.74) is 2.22. The Bertz CT molecular complexity index is 532. The number of nitrogens with zero attached hydrogens (tertiary/aromatic N) is 2. The molecule has 1 heterocycles. The minimum absolute atomic E-state index is 0.0508. The Labute approximate surface area is 121 Å². The van der Waals surface area contributed by atoms with Crippen LogP contribution in [0.5, 0.6) is 5.75 Å². The molecule has 0 amide bonds. The molecule has 1 N–H and O–H groups in total. The number of hydrogen-bond donors (Lipinski definition) is 1. The van der Waals surface area contributed by atoms with Gasteiger partial charge in [-0.25, -0.2) is 0 Å². The van der Waals surface area contributed by atoms with Crippen LogP contribution >= 0.6 is 15.9 Å². The van der Waals surface area contributed by atoms with E-state index in [0.29, 0.717) is 0 Å². The lowest BCUT2D eigenvalue weighted by Gasteiger charge is -2.19. The van der Waals surface area contributed by atoms with Gasteiger partial charge in [-0.3, -0.25) is 4.68 Å². The number of methoxy groups -OCH3 is 1. The average Bonchev–Trinajstić information content (AvgIpc) is 2.83. The van der Waals surface area contributed by atoms with Gasteiger partial charge >= 0.3 is 0 Å². The molecule has 19 heavy (non-hydrogen) atoms. The van der Waals surface area contributed by atoms with Crippen molar-refractivity contribution in [2.75, 3.05) is 14.2 Å². The lowest BCUT2D eigenvalue weighted by atomic mass is 10.0. The second kappa shape index (κ2) is 6.21. The Morgan fingerprint density at radius 3 is 2.84 bits per heavy atom. The Morgan fingerprint density at radius 2 is 2.26 bits per heavy atom. The zero-order chi connectivity index (χ0) is 13.8. The first-order valence-corrected chi connectivity index (χ1v) is 7.03. The molecule has 1 aromatic carbocycles. The number of hydrogen-bond acceptors (Lipinski definition) is 3. The van der Waals surface area contributed by atoms with Crippen LogP contribution in [0, 0.1) is 0 Å². The Hall–Kier alpha value is -1.33. The van der Waals surface area contributed by atoms with Crippen LogP contribution in [0.15, 0.2) is 34.9 Å². The molecule has 4 nitrogen and oxygen atoms in total. The molecule has 1 atom stereocenters. The minimum atomic E-state index is 0.0508. The van der Waals surface area contributed by atoms with E-state index in [1.54, 1.807) is 13.3 Å². The van der Waals surface area contributed by atoms with Crippen molar-refractivity contribution >= 4 is 15.9 Å². The smallest absolute Gasteiger partial charge is 0.161 e. The molecule has 1 aromatic heterocycles. The third-order valence-corrected chi connectivity index (χ3v) is 3.60. The summed E-state index contributed by atoms with van der Waals surface area (Å²) >= 11 is 3.51. The Morgan fingerprint density at radius 1 is 1.47 bits per heavy atom. The molecular formula is C14H18BrN3O. The molecule has 2 aromatic rings. The maximum atomic E-state index is 5.43. The van der Waals surface area contributed by atoms with Gasteiger partial charge in [-0.05, 0) is 31.7 Å². The SMILES string of the molecule is CCn1ncc(OC)c1C(NC)c1cccc(Br)c1. The molecule has 0 aliphatic rings. The lowest BCUT2D eigenvalue weighted by molar-refractivity contribution is 0.401. The molecule has 102 valence electrons. The fourth-order valence-electron chi connectivity index (χ4n) is 2.23. The minimum Gasteiger partial charge on any atom is -0.493 e. The molecule has 0 saturated carbocycles. The van der Waals surface area contributed by atoms with Crippen molar-refractivity contribution in [3.05, 3.63) is 46.2 Å². The topological polar surface area (TPSA) is 39.1 Å². The van der Waals surface area contributed by atoms with Crippen LogP contribution in [0.3, 0.4) is 0 Å². The van der Waals surface area contributed by atoms with Gasteiger partial charge in [0.1, 0.15) is 5.69 Å². The summed E-state index contributed by atoms with van der Waals surface area (Å²) in [5, 5.41) is 7.70. The van der Waals surface area contributed by atoms with Crippen LogP contribution in [0.2, 0.25) is 0 Å². The monoisotopic (exact) mass is 323 g/mol. The molecule has 0 radical (unpaired) electrons. The van der Waals surface area contributed by atoms with Gasteiger partial charge in [-0.2, -0.15) is 5.10 Å². The highest BCUT2D eigenvalue weighted by atomic mass is 79.9. The fraction of sp³-hybridized carbons (Fsp3) is 0.357. The Balaban J connectivity index is 2.50. The first-order chi connectivity index (χ1) is 9.21. The van der Waals surface area contributed by atoms with Gasteiger partial charge in [0, 0.05) is 11.0 Å². The molecular weight excluding hydrogens is 306 g/mol. The van der Waals surface area contributed by atoms with E-state index in [1.807, 2.05) is 23.9 Å². The number of nitrogens with one attached hydrogen (secondary N) is 1. The van der Waals surface area contributed by atoms with Gasteiger partial charge in [0.15, 0.2) is 5.75 Å². The normalized spacial score (nSPS) is 12.4. The zero-order valence-corrected chi connectivity index (χ0v) is 12.9. The summed E-state index contributed by atoms with van der Waals surface area (Å²) < 4.78 is 8.45. The summed E-state index contributed by atoms with van der Waals surface area (Å²) in [6, 6.07) is 8.30. The molecule has 0 aliphatic carbocycles. The quantitative estimate of drug-likeness (QED) is 0.919. The summed E-state index contributed by atoms with van der Waals surface area (Å²) in [6.07, 6.45) is 1.77. The van der Waals surface area contributed by atoms with Gasteiger partial charge in [0.25, 0.3) is 0 Å². The van der Waals surface area contributed by atoms with Crippen molar-refractivity contribution in [2.45, 2.75) is 19.5 Å². The second-order valence-corrected chi connectivity index (χ2v) is 5.11. The van der Waals surface area contributed by atoms with Gasteiger partial charge in [-0.15, -0.1) is 0 Å². The van der Waals surface area contributed by atoms with E-state index >= 15 is 0 Å². The fourth-order valence-corrected chi connectivity index (χ4v) is 2.64. The maximum absolute atomic E-state index is 5.43. The predicted octanol–water partition coefficient (Wildman–Crippen LogP) is 2.98. The maximum Gasteiger partial charge on any atom is 0.161 e. The van der Waals surface area contributed by atoms with E-state index in [4.69, 9.17) is 4.74 Å². The van der Waals surface area contributed by atoms with Crippen LogP contribution in [0.1, 0.15) is 24.2 Å². The van der Waals surface area contributed by atoms with Crippen molar-refractivity contribution in [1.29, 1.82) is 0 Å². The second-order valence-electron chi connectivity index (χ2n) is 4.19. The van der Waals surface area contributed by atoms with Crippen LogP contribution < -0.4 is 10.1 Å². The van der Waals surface area contributed by atoms with Gasteiger partial charge in [-0.1, -0.05) is 28.1 Å². The van der Waals surface area contributed by atoms with Crippen LogP contribution in [0.4, 0.5) is 0 Å². The van der Waals surface area contributed by atoms with Crippen molar-refractivity contribution in [2.24, 2.45) is 0 Å².